The van der Waals surface area contributed by atoms with Crippen molar-refractivity contribution in [2.75, 3.05) is 19.7 Å². The predicted octanol–water partition coefficient (Wildman–Crippen LogP) is -6.86. The Morgan fingerprint density at radius 2 is 0.745 bits per heavy atom. The van der Waals surface area contributed by atoms with E-state index in [1.165, 1.54) is 27.7 Å². The number of hydrogen-bond donors (Lipinski definition) is 21. The van der Waals surface area contributed by atoms with Crippen molar-refractivity contribution in [2.24, 2.45) is 62.9 Å². The van der Waals surface area contributed by atoms with Gasteiger partial charge in [-0.25, -0.2) is 0 Å². The minimum Gasteiger partial charge on any atom is -0.394 e. The number of carbonyl (C=O) groups is 15. The van der Waals surface area contributed by atoms with Gasteiger partial charge in [0.05, 0.1) is 18.8 Å². The molecule has 1 aromatic rings. The molecule has 0 saturated heterocycles. The zero-order chi connectivity index (χ0) is 77.7. The van der Waals surface area contributed by atoms with Crippen LogP contribution in [-0.4, -0.2) is 209 Å². The fourth-order valence-corrected chi connectivity index (χ4v) is 10.00. The fraction of sp³-hybridized carbons (Fsp3) is 0.662. The molecular formula is C65H112N20O17. The second kappa shape index (κ2) is 46.7. The number of nitrogens with one attached hydrogen (secondary N) is 12. The molecule has 0 aliphatic rings. The molecule has 102 heavy (non-hydrogen) atoms. The minimum absolute atomic E-state index is 0.0106. The van der Waals surface area contributed by atoms with Crippen molar-refractivity contribution in [1.29, 1.82) is 0 Å². The van der Waals surface area contributed by atoms with Gasteiger partial charge >= 0.3 is 0 Å². The summed E-state index contributed by atoms with van der Waals surface area (Å²) >= 11 is 0. The highest BCUT2D eigenvalue weighted by molar-refractivity contribution is 6.00. The van der Waals surface area contributed by atoms with Crippen LogP contribution in [0.25, 0.3) is 0 Å². The topological polar surface area (TPSA) is 635 Å². The lowest BCUT2D eigenvalue weighted by molar-refractivity contribution is -0.137. The Labute approximate surface area is 594 Å². The van der Waals surface area contributed by atoms with Gasteiger partial charge in [-0.2, -0.15) is 0 Å². The van der Waals surface area contributed by atoms with Gasteiger partial charge in [0, 0.05) is 25.8 Å². The second-order valence-corrected chi connectivity index (χ2v) is 26.4. The van der Waals surface area contributed by atoms with E-state index in [1.54, 1.807) is 58.0 Å². The summed E-state index contributed by atoms with van der Waals surface area (Å²) < 4.78 is 0. The quantitative estimate of drug-likeness (QED) is 0.0164. The molecule has 0 unspecified atom stereocenters. The van der Waals surface area contributed by atoms with Gasteiger partial charge in [0.25, 0.3) is 0 Å². The highest BCUT2D eigenvalue weighted by Gasteiger charge is 2.37. The highest BCUT2D eigenvalue weighted by atomic mass is 16.3. The average Bonchev–Trinajstić information content (AvgIpc) is 0.856. The van der Waals surface area contributed by atoms with Gasteiger partial charge in [-0.1, -0.05) is 71.9 Å². The van der Waals surface area contributed by atoms with Crippen molar-refractivity contribution in [3.8, 4) is 0 Å². The number of unbranched alkanes of at least 4 members (excludes halogenated alkanes) is 1. The molecule has 28 N–H and O–H groups in total. The van der Waals surface area contributed by atoms with E-state index >= 15 is 0 Å². The number of benzene rings is 1. The number of guanidine groups is 1. The van der Waals surface area contributed by atoms with Crippen molar-refractivity contribution in [3.63, 3.8) is 0 Å². The number of amides is 15. The van der Waals surface area contributed by atoms with E-state index in [1.807, 2.05) is 13.8 Å². The lowest BCUT2D eigenvalue weighted by atomic mass is 9.99. The van der Waals surface area contributed by atoms with Crippen molar-refractivity contribution >= 4 is 94.6 Å². The van der Waals surface area contributed by atoms with Crippen LogP contribution in [0.5, 0.6) is 0 Å². The van der Waals surface area contributed by atoms with Gasteiger partial charge < -0.3 is 114 Å². The molecule has 1 aromatic carbocycles. The van der Waals surface area contributed by atoms with Gasteiger partial charge in [0.15, 0.2) is 5.96 Å². The maximum atomic E-state index is 14.7. The molecule has 37 nitrogen and oxygen atoms in total. The van der Waals surface area contributed by atoms with Crippen LogP contribution in [0.3, 0.4) is 0 Å². The summed E-state index contributed by atoms with van der Waals surface area (Å²) in [6, 6.07) is -10.3. The van der Waals surface area contributed by atoms with Crippen LogP contribution < -0.4 is 104 Å². The van der Waals surface area contributed by atoms with Crippen LogP contribution in [0.15, 0.2) is 35.3 Å². The second-order valence-electron chi connectivity index (χ2n) is 26.4. The number of aliphatic hydroxyl groups is 2. The monoisotopic (exact) mass is 1440 g/mol. The van der Waals surface area contributed by atoms with Crippen molar-refractivity contribution in [2.45, 2.75) is 237 Å². The zero-order valence-electron chi connectivity index (χ0n) is 60.0. The average molecular weight is 1450 g/mol. The Hall–Kier alpha value is -9.62. The Kier molecular flexibility index (Phi) is 41.4. The molecule has 0 fully saturated rings. The lowest BCUT2D eigenvalue weighted by Crippen LogP contribution is -2.61. The van der Waals surface area contributed by atoms with Crippen molar-refractivity contribution < 1.29 is 82.1 Å². The maximum Gasteiger partial charge on any atom is 0.245 e. The molecule has 1 rings (SSSR count). The Morgan fingerprint density at radius 3 is 1.14 bits per heavy atom. The summed E-state index contributed by atoms with van der Waals surface area (Å²) in [6.45, 7) is 14.7. The van der Waals surface area contributed by atoms with E-state index in [0.717, 1.165) is 0 Å². The molecule has 37 heteroatoms. The normalized spacial score (nSPS) is 15.3. The Bertz CT molecular complexity index is 3010. The van der Waals surface area contributed by atoms with Crippen LogP contribution in [0, 0.1) is 17.8 Å². The summed E-state index contributed by atoms with van der Waals surface area (Å²) in [4.78, 5) is 206. The molecule has 14 atom stereocenters. The number of aliphatic hydroxyl groups excluding tert-OH is 2. The molecule has 15 amide bonds. The number of rotatable bonds is 49. The molecule has 574 valence electrons. The summed E-state index contributed by atoms with van der Waals surface area (Å²) in [5.74, 6) is -14.7. The summed E-state index contributed by atoms with van der Waals surface area (Å²) in [7, 11) is 0. The molecular weight excluding hydrogens is 1330 g/mol. The first-order valence-corrected chi connectivity index (χ1v) is 34.1. The first kappa shape index (κ1) is 90.4. The number of aliphatic imine (C=N–C) groups is 1. The Balaban J connectivity index is 3.58. The van der Waals surface area contributed by atoms with Gasteiger partial charge in [-0.3, -0.25) is 76.9 Å². The maximum absolute atomic E-state index is 14.7. The van der Waals surface area contributed by atoms with E-state index in [0.29, 0.717) is 12.0 Å². The summed E-state index contributed by atoms with van der Waals surface area (Å²) in [6.07, 6.45) is -2.66. The molecule has 0 radical (unpaired) electrons. The van der Waals surface area contributed by atoms with Gasteiger partial charge in [-0.05, 0) is 122 Å². The minimum atomic E-state index is -1.78. The third kappa shape index (κ3) is 35.6. The number of nitrogens with zero attached hydrogens (tertiary/aromatic N) is 1. The number of primary amides is 3. The molecule has 0 aromatic heterocycles. The summed E-state index contributed by atoms with van der Waals surface area (Å²) in [5, 5.41) is 50.1. The number of carbonyl (C=O) groups excluding carboxylic acids is 15. The van der Waals surface area contributed by atoms with E-state index in [-0.39, 0.29) is 94.6 Å². The van der Waals surface area contributed by atoms with E-state index in [2.05, 4.69) is 68.8 Å². The van der Waals surface area contributed by atoms with Crippen LogP contribution in [0.4, 0.5) is 0 Å². The van der Waals surface area contributed by atoms with Crippen LogP contribution in [-0.2, 0) is 78.3 Å². The fourth-order valence-electron chi connectivity index (χ4n) is 10.00. The van der Waals surface area contributed by atoms with Gasteiger partial charge in [0.1, 0.15) is 72.5 Å². The van der Waals surface area contributed by atoms with Crippen LogP contribution in [0.2, 0.25) is 0 Å². The van der Waals surface area contributed by atoms with Gasteiger partial charge in [0.2, 0.25) is 88.6 Å². The predicted molar refractivity (Wildman–Crippen MR) is 374 cm³/mol. The zero-order valence-corrected chi connectivity index (χ0v) is 60.0. The molecule has 0 aliphatic heterocycles. The van der Waals surface area contributed by atoms with E-state index in [4.69, 9.17) is 40.1 Å². The molecule has 0 heterocycles. The third-order valence-electron chi connectivity index (χ3n) is 15.6. The third-order valence-corrected chi connectivity index (χ3v) is 15.6. The number of hydrogen-bond acceptors (Lipinski definition) is 20. The lowest BCUT2D eigenvalue weighted by Gasteiger charge is -2.29. The molecule has 0 spiro atoms. The SMILES string of the molecule is CC(C)C[C@H](NC(=O)[C@H](CO)NC(=O)[C@H](CCCCN)NC(=O)[C@H](CCC(N)=O)NC(=O)[C@H](CC(C)C)NC(=O)[C@H](Cc1ccccc1)NC(=O)[C@H](CCC(N)=O)NC(=O)[C@H](CCCN=C(N)N)NC(=O)[C@@H](N)CC(C)C)C(=O)N[C@@H](C)C(=O)N[C@@H](C)C(=O)N[C@@H](C)C(=O)N[C@H](C(N)=O)[C@@H](C)O. The van der Waals surface area contributed by atoms with E-state index < -0.39 is 199 Å². The first-order valence-electron chi connectivity index (χ1n) is 34.1. The molecule has 0 aliphatic carbocycles. The smallest absolute Gasteiger partial charge is 0.245 e. The molecule has 0 saturated carbocycles. The molecule has 0 bridgehead atoms. The summed E-state index contributed by atoms with van der Waals surface area (Å²) in [5.41, 5.74) is 39.6. The van der Waals surface area contributed by atoms with Crippen LogP contribution >= 0.6 is 0 Å². The standard InChI is InChI=1S/C65H112N20O17/c1-32(2)27-40(67)56(94)77-42(20-16-26-73-65(71)72)57(95)79-44(22-24-50(69)89)60(98)83-47(30-39-17-12-11-13-18-39)63(101)81-46(29-34(5)6)62(100)80-43(21-23-49(68)88)59(97)78-41(19-14-15-25-66)58(96)84-48(31-86)64(102)82-45(28-33(3)4)61(99)76-36(8)54(92)74-35(7)53(91)75-37(9)55(93)85-51(38(10)87)52(70)90/h11-13,17-18,32-38,40-48,51,86-87H,14-16,19-31,66-67H2,1-10H3,(H2,68,88)(H2,69,89)(H2,70,90)(H,74,92)(H,75,91)(H,76,99)(H,77,94)(H,78,97)(H,79,95)(H,80,100)(H,81,101)(H,82,102)(H,83,98)(H,84,96)(H,85,93)(H4,71,72,73)/t35-,36-,37-,38+,40-,41-,42-,43-,44-,45-,46-,47-,48-,51-/m0/s1. The van der Waals surface area contributed by atoms with Gasteiger partial charge in [-0.15, -0.1) is 0 Å². The largest absolute Gasteiger partial charge is 0.394 e. The Morgan fingerprint density at radius 1 is 0.402 bits per heavy atom. The van der Waals surface area contributed by atoms with Crippen LogP contribution in [0.1, 0.15) is 152 Å². The first-order chi connectivity index (χ1) is 47.7. The highest BCUT2D eigenvalue weighted by Crippen LogP contribution is 2.14. The number of nitrogens with two attached hydrogens (primary N) is 7. The van der Waals surface area contributed by atoms with Crippen molar-refractivity contribution in [3.05, 3.63) is 35.9 Å². The van der Waals surface area contributed by atoms with E-state index in [9.17, 15) is 82.1 Å². The van der Waals surface area contributed by atoms with Crippen molar-refractivity contribution in [1.82, 2.24) is 63.8 Å².